The normalized spacial score (nSPS) is 21.0. The molecule has 0 aliphatic carbocycles. The fourth-order valence-corrected chi connectivity index (χ4v) is 3.90. The number of nitrogens with zero attached hydrogens (tertiary/aromatic N) is 1. The molecule has 1 aliphatic rings. The summed E-state index contributed by atoms with van der Waals surface area (Å²) in [6, 6.07) is 3.29. The van der Waals surface area contributed by atoms with Gasteiger partial charge in [0.15, 0.2) is 9.84 Å². The van der Waals surface area contributed by atoms with Gasteiger partial charge in [0, 0.05) is 12.7 Å². The van der Waals surface area contributed by atoms with Gasteiger partial charge < -0.3 is 5.32 Å². The number of urea groups is 1. The Labute approximate surface area is 112 Å². The molecule has 0 radical (unpaired) electrons. The van der Waals surface area contributed by atoms with E-state index in [-0.39, 0.29) is 23.5 Å². The Morgan fingerprint density at radius 3 is 2.95 bits per heavy atom. The van der Waals surface area contributed by atoms with Gasteiger partial charge in [-0.1, -0.05) is 6.07 Å². The van der Waals surface area contributed by atoms with Gasteiger partial charge in [-0.2, -0.15) is 0 Å². The first kappa shape index (κ1) is 13.8. The summed E-state index contributed by atoms with van der Waals surface area (Å²) in [5, 5.41) is 5.33. The third-order valence-corrected chi connectivity index (χ3v) is 4.96. The molecule has 1 aromatic heterocycles. The number of nitrogens with one attached hydrogen (secondary N) is 2. The number of aromatic nitrogens is 1. The fraction of sp³-hybridized carbons (Fsp3) is 0.500. The van der Waals surface area contributed by atoms with Gasteiger partial charge in [0.1, 0.15) is 5.82 Å². The van der Waals surface area contributed by atoms with E-state index in [1.807, 2.05) is 13.0 Å². The number of amides is 2. The summed E-state index contributed by atoms with van der Waals surface area (Å²) in [6.07, 6.45) is 2.22. The third kappa shape index (κ3) is 3.92. The molecule has 7 heteroatoms. The molecule has 0 aromatic carbocycles. The molecule has 1 aliphatic heterocycles. The number of rotatable bonds is 3. The molecular weight excluding hydrogens is 266 g/mol. The van der Waals surface area contributed by atoms with E-state index in [9.17, 15) is 13.2 Å². The molecule has 0 spiro atoms. The van der Waals surface area contributed by atoms with Crippen LogP contribution in [0, 0.1) is 12.8 Å². The van der Waals surface area contributed by atoms with Crippen molar-refractivity contribution in [3.05, 3.63) is 23.9 Å². The van der Waals surface area contributed by atoms with Crippen molar-refractivity contribution in [2.75, 3.05) is 23.4 Å². The van der Waals surface area contributed by atoms with Gasteiger partial charge in [0.25, 0.3) is 0 Å². The molecule has 1 saturated heterocycles. The van der Waals surface area contributed by atoms with E-state index >= 15 is 0 Å². The molecule has 0 bridgehead atoms. The Kier molecular flexibility index (Phi) is 4.04. The van der Waals surface area contributed by atoms with Crippen LogP contribution >= 0.6 is 0 Å². The van der Waals surface area contributed by atoms with Crippen molar-refractivity contribution < 1.29 is 13.2 Å². The summed E-state index contributed by atoms with van der Waals surface area (Å²) in [7, 11) is -2.89. The second kappa shape index (κ2) is 5.56. The lowest BCUT2D eigenvalue weighted by Gasteiger charge is -2.11. The minimum absolute atomic E-state index is 0.0144. The van der Waals surface area contributed by atoms with Gasteiger partial charge in [-0.15, -0.1) is 0 Å². The highest BCUT2D eigenvalue weighted by atomic mass is 32.2. The largest absolute Gasteiger partial charge is 0.338 e. The Hall–Kier alpha value is -1.63. The first-order valence-electron chi connectivity index (χ1n) is 6.13. The maximum atomic E-state index is 11.7. The molecule has 1 fully saturated rings. The van der Waals surface area contributed by atoms with Crippen LogP contribution < -0.4 is 10.6 Å². The predicted molar refractivity (Wildman–Crippen MR) is 72.8 cm³/mol. The summed E-state index contributed by atoms with van der Waals surface area (Å²) < 4.78 is 22.6. The monoisotopic (exact) mass is 283 g/mol. The molecular formula is C12H17N3O3S. The van der Waals surface area contributed by atoms with E-state index in [4.69, 9.17) is 0 Å². The lowest BCUT2D eigenvalue weighted by atomic mass is 10.1. The molecule has 104 valence electrons. The number of hydrogen-bond acceptors (Lipinski definition) is 4. The SMILES string of the molecule is Cc1cccnc1NC(=O)NC[C@@H]1CCS(=O)(=O)C1. The van der Waals surface area contributed by atoms with Crippen LogP contribution in [0.3, 0.4) is 0 Å². The van der Waals surface area contributed by atoms with E-state index in [1.54, 1.807) is 12.3 Å². The minimum atomic E-state index is -2.89. The van der Waals surface area contributed by atoms with Crippen LogP contribution in [0.5, 0.6) is 0 Å². The summed E-state index contributed by atoms with van der Waals surface area (Å²) in [4.78, 5) is 15.7. The zero-order valence-corrected chi connectivity index (χ0v) is 11.5. The molecule has 1 atom stereocenters. The molecule has 2 N–H and O–H groups in total. The van der Waals surface area contributed by atoms with Crippen LogP contribution in [0.15, 0.2) is 18.3 Å². The van der Waals surface area contributed by atoms with Gasteiger partial charge in [0.2, 0.25) is 0 Å². The van der Waals surface area contributed by atoms with Gasteiger partial charge in [-0.05, 0) is 30.9 Å². The highest BCUT2D eigenvalue weighted by Crippen LogP contribution is 2.17. The second-order valence-corrected chi connectivity index (χ2v) is 7.00. The molecule has 0 unspecified atom stereocenters. The minimum Gasteiger partial charge on any atom is -0.338 e. The smallest absolute Gasteiger partial charge is 0.320 e. The van der Waals surface area contributed by atoms with Crippen LogP contribution in [0.25, 0.3) is 0 Å². The standard InChI is InChI=1S/C12H17N3O3S/c1-9-3-2-5-13-11(9)15-12(16)14-7-10-4-6-19(17,18)8-10/h2-3,5,10H,4,6-8H2,1H3,(H2,13,14,15,16)/t10-/m0/s1. The molecule has 6 nitrogen and oxygen atoms in total. The van der Waals surface area contributed by atoms with E-state index < -0.39 is 9.84 Å². The second-order valence-electron chi connectivity index (χ2n) is 4.77. The average molecular weight is 283 g/mol. The number of anilines is 1. The van der Waals surface area contributed by atoms with Gasteiger partial charge in [-0.25, -0.2) is 18.2 Å². The fourth-order valence-electron chi connectivity index (χ4n) is 2.04. The van der Waals surface area contributed by atoms with Crippen molar-refractivity contribution in [2.45, 2.75) is 13.3 Å². The van der Waals surface area contributed by atoms with Gasteiger partial charge >= 0.3 is 6.03 Å². The zero-order chi connectivity index (χ0) is 13.9. The summed E-state index contributed by atoms with van der Waals surface area (Å²) in [5.41, 5.74) is 0.876. The Balaban J connectivity index is 1.81. The van der Waals surface area contributed by atoms with Crippen LogP contribution in [-0.4, -0.2) is 37.5 Å². The molecule has 19 heavy (non-hydrogen) atoms. The Bertz CT molecular complexity index is 571. The number of aryl methyl sites for hydroxylation is 1. The lowest BCUT2D eigenvalue weighted by Crippen LogP contribution is -2.33. The van der Waals surface area contributed by atoms with Crippen molar-refractivity contribution in [2.24, 2.45) is 5.92 Å². The maximum absolute atomic E-state index is 11.7. The summed E-state index contributed by atoms with van der Waals surface area (Å²) in [6.45, 7) is 2.23. The topological polar surface area (TPSA) is 88.2 Å². The number of pyridine rings is 1. The number of sulfone groups is 1. The van der Waals surface area contributed by atoms with E-state index in [0.29, 0.717) is 18.8 Å². The maximum Gasteiger partial charge on any atom is 0.320 e. The first-order valence-corrected chi connectivity index (χ1v) is 7.95. The van der Waals surface area contributed by atoms with E-state index in [1.165, 1.54) is 0 Å². The van der Waals surface area contributed by atoms with Crippen molar-refractivity contribution in [3.63, 3.8) is 0 Å². The average Bonchev–Trinajstić information content (AvgIpc) is 2.69. The Morgan fingerprint density at radius 1 is 1.53 bits per heavy atom. The van der Waals surface area contributed by atoms with Gasteiger partial charge in [0.05, 0.1) is 11.5 Å². The first-order chi connectivity index (χ1) is 8.96. The molecule has 2 amide bonds. The van der Waals surface area contributed by atoms with Crippen LogP contribution in [0.4, 0.5) is 10.6 Å². The lowest BCUT2D eigenvalue weighted by molar-refractivity contribution is 0.250. The molecule has 2 heterocycles. The summed E-state index contributed by atoms with van der Waals surface area (Å²) in [5.74, 6) is 0.913. The number of hydrogen-bond donors (Lipinski definition) is 2. The van der Waals surface area contributed by atoms with Crippen LogP contribution in [0.2, 0.25) is 0 Å². The third-order valence-electron chi connectivity index (χ3n) is 3.12. The highest BCUT2D eigenvalue weighted by molar-refractivity contribution is 7.91. The summed E-state index contributed by atoms with van der Waals surface area (Å²) >= 11 is 0. The molecule has 1 aromatic rings. The number of carbonyl (C=O) groups excluding carboxylic acids is 1. The molecule has 0 saturated carbocycles. The van der Waals surface area contributed by atoms with Crippen molar-refractivity contribution >= 4 is 21.7 Å². The predicted octanol–water partition coefficient (Wildman–Crippen LogP) is 0.946. The van der Waals surface area contributed by atoms with Crippen molar-refractivity contribution in [3.8, 4) is 0 Å². The highest BCUT2D eigenvalue weighted by Gasteiger charge is 2.27. The van der Waals surface area contributed by atoms with Gasteiger partial charge in [-0.3, -0.25) is 5.32 Å². The van der Waals surface area contributed by atoms with E-state index in [0.717, 1.165) is 5.56 Å². The van der Waals surface area contributed by atoms with Crippen LogP contribution in [0.1, 0.15) is 12.0 Å². The zero-order valence-electron chi connectivity index (χ0n) is 10.7. The quantitative estimate of drug-likeness (QED) is 0.864. The Morgan fingerprint density at radius 2 is 2.32 bits per heavy atom. The molecule has 2 rings (SSSR count). The van der Waals surface area contributed by atoms with Crippen molar-refractivity contribution in [1.82, 2.24) is 10.3 Å². The van der Waals surface area contributed by atoms with Crippen LogP contribution in [-0.2, 0) is 9.84 Å². The number of carbonyl (C=O) groups is 1. The van der Waals surface area contributed by atoms with Crippen molar-refractivity contribution in [1.29, 1.82) is 0 Å². The van der Waals surface area contributed by atoms with E-state index in [2.05, 4.69) is 15.6 Å².